The van der Waals surface area contributed by atoms with Crippen LogP contribution in [-0.2, 0) is 14.3 Å². The molecule has 3 rings (SSSR count). The molecule has 120 valence electrons. The third-order valence-electron chi connectivity index (χ3n) is 6.05. The number of ether oxygens (including phenoxy) is 1. The quantitative estimate of drug-likeness (QED) is 0.781. The number of likely N-dealkylation sites (tertiary alicyclic amines) is 1. The van der Waals surface area contributed by atoms with E-state index in [1.165, 1.54) is 0 Å². The lowest BCUT2D eigenvalue weighted by Crippen LogP contribution is -2.62. The highest BCUT2D eigenvalue weighted by atomic mass is 16.5. The van der Waals surface area contributed by atoms with E-state index in [-0.39, 0.29) is 35.8 Å². The second kappa shape index (κ2) is 5.24. The molecule has 4 atom stereocenters. The number of cyclic esters (lactones) is 1. The van der Waals surface area contributed by atoms with Crippen LogP contribution in [-0.4, -0.2) is 48.1 Å². The van der Waals surface area contributed by atoms with Gasteiger partial charge in [0.1, 0.15) is 11.6 Å². The standard InChI is InChI=1S/C16H23N3O3/c1-11-15(2)5-6-16(11,14(21)22-10-15)18-9-13(20)19-7-3-4-12(19)8-17/h11-12,18H,3-7,9-10H2,1-2H3/t11?,12-,15-,16+/m0/s1. The normalized spacial score (nSPS) is 40.4. The van der Waals surface area contributed by atoms with E-state index in [4.69, 9.17) is 10.00 Å². The SMILES string of the molecule is CC1[C@@]2(C)CC[C@]1(NCC(=O)N1CCC[C@H]1C#N)C(=O)OC2. The van der Waals surface area contributed by atoms with Gasteiger partial charge in [-0.3, -0.25) is 14.9 Å². The molecule has 2 aliphatic heterocycles. The summed E-state index contributed by atoms with van der Waals surface area (Å²) in [4.78, 5) is 26.3. The van der Waals surface area contributed by atoms with Crippen LogP contribution in [0.5, 0.6) is 0 Å². The molecular formula is C16H23N3O3. The maximum absolute atomic E-state index is 12.4. The molecule has 2 bridgehead atoms. The molecule has 0 aromatic rings. The van der Waals surface area contributed by atoms with Crippen molar-refractivity contribution in [2.45, 2.75) is 51.1 Å². The average Bonchev–Trinajstić information content (AvgIpc) is 3.05. The summed E-state index contributed by atoms with van der Waals surface area (Å²) in [6, 6.07) is 1.85. The summed E-state index contributed by atoms with van der Waals surface area (Å²) in [6.07, 6.45) is 3.24. The molecule has 1 N–H and O–H groups in total. The molecule has 0 radical (unpaired) electrons. The van der Waals surface area contributed by atoms with Crippen LogP contribution >= 0.6 is 0 Å². The number of nitrogens with zero attached hydrogens (tertiary/aromatic N) is 2. The second-order valence-corrected chi connectivity index (χ2v) is 7.15. The van der Waals surface area contributed by atoms with Crippen molar-refractivity contribution < 1.29 is 14.3 Å². The fraction of sp³-hybridized carbons (Fsp3) is 0.812. The number of esters is 1. The van der Waals surface area contributed by atoms with Gasteiger partial charge in [0.2, 0.25) is 5.91 Å². The molecule has 3 aliphatic rings. The van der Waals surface area contributed by atoms with E-state index >= 15 is 0 Å². The number of hydrogen-bond acceptors (Lipinski definition) is 5. The van der Waals surface area contributed by atoms with Crippen LogP contribution in [0.1, 0.15) is 39.5 Å². The van der Waals surface area contributed by atoms with E-state index in [1.807, 2.05) is 0 Å². The van der Waals surface area contributed by atoms with Gasteiger partial charge in [-0.15, -0.1) is 0 Å². The third-order valence-corrected chi connectivity index (χ3v) is 6.05. The molecule has 0 aromatic carbocycles. The summed E-state index contributed by atoms with van der Waals surface area (Å²) >= 11 is 0. The Labute approximate surface area is 130 Å². The smallest absolute Gasteiger partial charge is 0.326 e. The van der Waals surface area contributed by atoms with Crippen LogP contribution in [0.15, 0.2) is 0 Å². The Morgan fingerprint density at radius 2 is 2.32 bits per heavy atom. The number of fused-ring (bicyclic) bond motifs is 2. The van der Waals surface area contributed by atoms with Crippen LogP contribution in [0, 0.1) is 22.7 Å². The van der Waals surface area contributed by atoms with Crippen molar-refractivity contribution in [3.05, 3.63) is 0 Å². The first kappa shape index (κ1) is 15.3. The van der Waals surface area contributed by atoms with Crippen molar-refractivity contribution in [1.29, 1.82) is 5.26 Å². The number of rotatable bonds is 3. The maximum Gasteiger partial charge on any atom is 0.326 e. The third kappa shape index (κ3) is 2.11. The topological polar surface area (TPSA) is 82.4 Å². The van der Waals surface area contributed by atoms with Crippen molar-refractivity contribution in [1.82, 2.24) is 10.2 Å². The van der Waals surface area contributed by atoms with Crippen molar-refractivity contribution in [2.75, 3.05) is 19.7 Å². The van der Waals surface area contributed by atoms with Gasteiger partial charge in [0.25, 0.3) is 0 Å². The number of nitrogens with one attached hydrogen (secondary N) is 1. The Hall–Kier alpha value is -1.61. The van der Waals surface area contributed by atoms with Crippen molar-refractivity contribution in [3.63, 3.8) is 0 Å². The van der Waals surface area contributed by atoms with Crippen molar-refractivity contribution >= 4 is 11.9 Å². The van der Waals surface area contributed by atoms with Crippen molar-refractivity contribution in [2.24, 2.45) is 11.3 Å². The minimum atomic E-state index is -0.746. The number of amides is 1. The van der Waals surface area contributed by atoms with Gasteiger partial charge in [-0.05, 0) is 31.6 Å². The monoisotopic (exact) mass is 305 g/mol. The van der Waals surface area contributed by atoms with Gasteiger partial charge < -0.3 is 9.64 Å². The number of carbonyl (C=O) groups excluding carboxylic acids is 2. The molecule has 1 aliphatic carbocycles. The zero-order chi connectivity index (χ0) is 16.0. The average molecular weight is 305 g/mol. The molecule has 0 spiro atoms. The van der Waals surface area contributed by atoms with E-state index in [2.05, 4.69) is 25.2 Å². The summed E-state index contributed by atoms with van der Waals surface area (Å²) < 4.78 is 5.36. The Bertz CT molecular complexity index is 543. The lowest BCUT2D eigenvalue weighted by atomic mass is 9.74. The molecule has 1 unspecified atom stereocenters. The fourth-order valence-electron chi connectivity index (χ4n) is 4.19. The lowest BCUT2D eigenvalue weighted by molar-refractivity contribution is -0.166. The number of hydrogen-bond donors (Lipinski definition) is 1. The van der Waals surface area contributed by atoms with Gasteiger partial charge in [-0.1, -0.05) is 13.8 Å². The van der Waals surface area contributed by atoms with E-state index in [9.17, 15) is 9.59 Å². The number of nitriles is 1. The van der Waals surface area contributed by atoms with Crippen molar-refractivity contribution in [3.8, 4) is 6.07 Å². The maximum atomic E-state index is 12.4. The molecule has 3 fully saturated rings. The van der Waals surface area contributed by atoms with Gasteiger partial charge in [0.05, 0.1) is 19.2 Å². The summed E-state index contributed by atoms with van der Waals surface area (Å²) in [5.74, 6) is -0.196. The predicted octanol–water partition coefficient (Wildman–Crippen LogP) is 0.822. The Kier molecular flexibility index (Phi) is 3.64. The van der Waals surface area contributed by atoms with E-state index < -0.39 is 5.54 Å². The van der Waals surface area contributed by atoms with Crippen LogP contribution in [0.2, 0.25) is 0 Å². The zero-order valence-corrected chi connectivity index (χ0v) is 13.2. The molecule has 0 aromatic heterocycles. The molecule has 6 nitrogen and oxygen atoms in total. The van der Waals surface area contributed by atoms with E-state index in [1.54, 1.807) is 4.90 Å². The van der Waals surface area contributed by atoms with Crippen LogP contribution in [0.4, 0.5) is 0 Å². The molecule has 2 heterocycles. The first-order valence-electron chi connectivity index (χ1n) is 8.04. The molecule has 1 saturated carbocycles. The van der Waals surface area contributed by atoms with E-state index in [0.717, 1.165) is 19.3 Å². The molecule has 2 saturated heterocycles. The number of carbonyl (C=O) groups is 2. The van der Waals surface area contributed by atoms with Gasteiger partial charge in [-0.2, -0.15) is 5.26 Å². The Morgan fingerprint density at radius 3 is 3.05 bits per heavy atom. The van der Waals surface area contributed by atoms with E-state index in [0.29, 0.717) is 19.6 Å². The highest BCUT2D eigenvalue weighted by Crippen LogP contribution is 2.52. The van der Waals surface area contributed by atoms with Gasteiger partial charge in [-0.25, -0.2) is 0 Å². The Balaban J connectivity index is 1.69. The summed E-state index contributed by atoms with van der Waals surface area (Å²) in [7, 11) is 0. The Morgan fingerprint density at radius 1 is 1.55 bits per heavy atom. The second-order valence-electron chi connectivity index (χ2n) is 7.15. The van der Waals surface area contributed by atoms with Gasteiger partial charge in [0.15, 0.2) is 0 Å². The molecule has 22 heavy (non-hydrogen) atoms. The largest absolute Gasteiger partial charge is 0.464 e. The first-order valence-corrected chi connectivity index (χ1v) is 8.04. The molecule has 1 amide bonds. The van der Waals surface area contributed by atoms with Crippen LogP contribution < -0.4 is 5.32 Å². The fourth-order valence-corrected chi connectivity index (χ4v) is 4.19. The lowest BCUT2D eigenvalue weighted by Gasteiger charge is -2.42. The first-order chi connectivity index (χ1) is 10.4. The minimum absolute atomic E-state index is 0.00715. The molecular weight excluding hydrogens is 282 g/mol. The van der Waals surface area contributed by atoms with Gasteiger partial charge in [0, 0.05) is 12.0 Å². The highest BCUT2D eigenvalue weighted by molar-refractivity contribution is 5.85. The highest BCUT2D eigenvalue weighted by Gasteiger charge is 2.61. The van der Waals surface area contributed by atoms with Crippen LogP contribution in [0.25, 0.3) is 0 Å². The predicted molar refractivity (Wildman–Crippen MR) is 78.5 cm³/mol. The summed E-state index contributed by atoms with van der Waals surface area (Å²) in [5.41, 5.74) is -0.753. The van der Waals surface area contributed by atoms with Gasteiger partial charge >= 0.3 is 5.97 Å². The zero-order valence-electron chi connectivity index (χ0n) is 13.2. The minimum Gasteiger partial charge on any atom is -0.464 e. The summed E-state index contributed by atoms with van der Waals surface area (Å²) in [5, 5.41) is 12.3. The molecule has 6 heteroatoms. The van der Waals surface area contributed by atoms with Crippen LogP contribution in [0.3, 0.4) is 0 Å². The summed E-state index contributed by atoms with van der Waals surface area (Å²) in [6.45, 7) is 5.39.